The Morgan fingerprint density at radius 3 is 2.63 bits per heavy atom. The van der Waals surface area contributed by atoms with Gasteiger partial charge in [0.1, 0.15) is 11.5 Å². The Balaban J connectivity index is 2.05. The summed E-state index contributed by atoms with van der Waals surface area (Å²) in [6.45, 7) is 2.65. The zero-order valence-corrected chi connectivity index (χ0v) is 11.7. The first-order valence-corrected chi connectivity index (χ1v) is 6.34. The smallest absolute Gasteiger partial charge is 0.134 e. The number of phenolic OH excluding ortho intramolecular Hbond substituents is 1. The number of phenols is 1. The third-order valence-corrected chi connectivity index (χ3v) is 3.21. The van der Waals surface area contributed by atoms with Gasteiger partial charge in [0.25, 0.3) is 0 Å². The van der Waals surface area contributed by atoms with Gasteiger partial charge in [-0.3, -0.25) is 0 Å². The van der Waals surface area contributed by atoms with Crippen LogP contribution in [-0.4, -0.2) is 12.2 Å². The van der Waals surface area contributed by atoms with Gasteiger partial charge in [-0.05, 0) is 48.4 Å². The van der Waals surface area contributed by atoms with Crippen LogP contribution in [0.1, 0.15) is 11.1 Å². The third-order valence-electron chi connectivity index (χ3n) is 2.90. The zero-order chi connectivity index (χ0) is 13.8. The highest BCUT2D eigenvalue weighted by atomic mass is 35.5. The minimum absolute atomic E-state index is 0.103. The van der Waals surface area contributed by atoms with Crippen LogP contribution in [0.2, 0.25) is 5.02 Å². The fourth-order valence-electron chi connectivity index (χ4n) is 1.85. The molecule has 19 heavy (non-hydrogen) atoms. The summed E-state index contributed by atoms with van der Waals surface area (Å²) in [6.07, 6.45) is 0. The van der Waals surface area contributed by atoms with Crippen molar-refractivity contribution in [1.82, 2.24) is 0 Å². The van der Waals surface area contributed by atoms with Gasteiger partial charge in [0.05, 0.1) is 12.1 Å². The van der Waals surface area contributed by atoms with E-state index in [2.05, 4.69) is 5.32 Å². The molecule has 2 aromatic carbocycles. The monoisotopic (exact) mass is 277 g/mol. The lowest BCUT2D eigenvalue weighted by molar-refractivity contribution is 0.412. The number of nitrogens with one attached hydrogen (secondary N) is 1. The molecule has 0 atom stereocenters. The number of hydrogen-bond donors (Lipinski definition) is 2. The Kier molecular flexibility index (Phi) is 4.17. The van der Waals surface area contributed by atoms with Crippen LogP contribution >= 0.6 is 11.6 Å². The van der Waals surface area contributed by atoms with Crippen molar-refractivity contribution < 1.29 is 9.84 Å². The maximum Gasteiger partial charge on any atom is 0.134 e. The molecule has 2 aromatic rings. The van der Waals surface area contributed by atoms with Crippen molar-refractivity contribution in [2.75, 3.05) is 12.4 Å². The highest BCUT2D eigenvalue weighted by Gasteiger charge is 2.02. The van der Waals surface area contributed by atoms with Gasteiger partial charge < -0.3 is 15.2 Å². The number of aromatic hydroxyl groups is 1. The molecule has 0 aliphatic carbocycles. The summed E-state index contributed by atoms with van der Waals surface area (Å²) in [7, 11) is 1.66. The molecular weight excluding hydrogens is 262 g/mol. The zero-order valence-electron chi connectivity index (χ0n) is 10.9. The quantitative estimate of drug-likeness (QED) is 0.888. The summed E-state index contributed by atoms with van der Waals surface area (Å²) < 4.78 is 5.22. The second kappa shape index (κ2) is 5.85. The predicted octanol–water partition coefficient (Wildman–Crippen LogP) is 3.97. The van der Waals surface area contributed by atoms with E-state index in [1.807, 2.05) is 31.2 Å². The Morgan fingerprint density at radius 1 is 1.21 bits per heavy atom. The van der Waals surface area contributed by atoms with Crippen LogP contribution in [0.15, 0.2) is 36.4 Å². The second-order valence-corrected chi connectivity index (χ2v) is 4.73. The molecule has 0 aliphatic rings. The predicted molar refractivity (Wildman–Crippen MR) is 78.2 cm³/mol. The van der Waals surface area contributed by atoms with Crippen molar-refractivity contribution in [3.8, 4) is 11.5 Å². The lowest BCUT2D eigenvalue weighted by Crippen LogP contribution is -2.00. The topological polar surface area (TPSA) is 41.5 Å². The molecule has 0 saturated carbocycles. The van der Waals surface area contributed by atoms with Crippen LogP contribution in [0.3, 0.4) is 0 Å². The van der Waals surface area contributed by atoms with E-state index < -0.39 is 0 Å². The van der Waals surface area contributed by atoms with Crippen LogP contribution in [0.25, 0.3) is 0 Å². The first kappa shape index (κ1) is 13.6. The van der Waals surface area contributed by atoms with Gasteiger partial charge in [-0.15, -0.1) is 0 Å². The number of hydrogen-bond acceptors (Lipinski definition) is 3. The average molecular weight is 278 g/mol. The van der Waals surface area contributed by atoms with E-state index in [1.54, 1.807) is 19.2 Å². The number of aryl methyl sites for hydroxylation is 1. The summed E-state index contributed by atoms with van der Waals surface area (Å²) in [4.78, 5) is 0. The minimum atomic E-state index is 0.103. The van der Waals surface area contributed by atoms with Crippen molar-refractivity contribution in [1.29, 1.82) is 0 Å². The summed E-state index contributed by atoms with van der Waals surface area (Å²) in [6, 6.07) is 11.1. The van der Waals surface area contributed by atoms with Crippen LogP contribution in [0.5, 0.6) is 11.5 Å². The van der Waals surface area contributed by atoms with E-state index in [9.17, 15) is 5.11 Å². The molecule has 2 rings (SSSR count). The summed E-state index contributed by atoms with van der Waals surface area (Å²) in [5.41, 5.74) is 3.11. The van der Waals surface area contributed by atoms with Crippen molar-refractivity contribution in [2.45, 2.75) is 13.5 Å². The molecule has 0 heterocycles. The molecule has 0 bridgehead atoms. The Labute approximate surface area is 117 Å². The van der Waals surface area contributed by atoms with Gasteiger partial charge in [0.15, 0.2) is 0 Å². The lowest BCUT2D eigenvalue weighted by atomic mass is 10.2. The van der Waals surface area contributed by atoms with Crippen molar-refractivity contribution in [3.63, 3.8) is 0 Å². The molecule has 0 aromatic heterocycles. The van der Waals surface area contributed by atoms with Gasteiger partial charge in [-0.2, -0.15) is 0 Å². The van der Waals surface area contributed by atoms with Crippen LogP contribution in [-0.2, 0) is 6.54 Å². The maximum atomic E-state index is 9.36. The van der Waals surface area contributed by atoms with Crippen molar-refractivity contribution >= 4 is 17.3 Å². The number of benzene rings is 2. The maximum absolute atomic E-state index is 9.36. The van der Waals surface area contributed by atoms with E-state index in [4.69, 9.17) is 16.3 Å². The summed E-state index contributed by atoms with van der Waals surface area (Å²) in [5, 5.41) is 13.0. The Morgan fingerprint density at radius 2 is 2.00 bits per heavy atom. The van der Waals surface area contributed by atoms with Crippen LogP contribution < -0.4 is 10.1 Å². The number of halogens is 1. The van der Waals surface area contributed by atoms with Gasteiger partial charge in [0.2, 0.25) is 0 Å². The molecule has 0 radical (unpaired) electrons. The third kappa shape index (κ3) is 3.32. The van der Waals surface area contributed by atoms with Crippen molar-refractivity contribution in [3.05, 3.63) is 52.5 Å². The molecule has 3 nitrogen and oxygen atoms in total. The van der Waals surface area contributed by atoms with Gasteiger partial charge in [-0.1, -0.05) is 17.7 Å². The van der Waals surface area contributed by atoms with E-state index in [0.717, 1.165) is 22.6 Å². The average Bonchev–Trinajstić information content (AvgIpc) is 2.40. The Hall–Kier alpha value is -1.87. The van der Waals surface area contributed by atoms with E-state index in [0.29, 0.717) is 11.6 Å². The molecular formula is C15H16ClNO2. The van der Waals surface area contributed by atoms with Gasteiger partial charge in [-0.25, -0.2) is 0 Å². The van der Waals surface area contributed by atoms with E-state index >= 15 is 0 Å². The van der Waals surface area contributed by atoms with E-state index in [1.165, 1.54) is 0 Å². The highest BCUT2D eigenvalue weighted by molar-refractivity contribution is 6.32. The number of anilines is 1. The van der Waals surface area contributed by atoms with E-state index in [-0.39, 0.29) is 5.75 Å². The molecule has 0 aliphatic heterocycles. The molecule has 0 amide bonds. The standard InChI is InChI=1S/C15H16ClNO2/c1-10-7-12(4-6-15(10)19-2)17-9-11-3-5-14(18)13(16)8-11/h3-8,17-18H,9H2,1-2H3. The van der Waals surface area contributed by atoms with Gasteiger partial charge in [0, 0.05) is 12.2 Å². The molecule has 0 saturated heterocycles. The lowest BCUT2D eigenvalue weighted by Gasteiger charge is -2.10. The second-order valence-electron chi connectivity index (χ2n) is 4.32. The molecule has 0 fully saturated rings. The summed E-state index contributed by atoms with van der Waals surface area (Å²) >= 11 is 5.87. The normalized spacial score (nSPS) is 10.3. The molecule has 100 valence electrons. The largest absolute Gasteiger partial charge is 0.506 e. The number of methoxy groups -OCH3 is 1. The number of ether oxygens (including phenoxy) is 1. The Bertz CT molecular complexity index is 584. The van der Waals surface area contributed by atoms with Crippen LogP contribution in [0, 0.1) is 6.92 Å². The highest BCUT2D eigenvalue weighted by Crippen LogP contribution is 2.25. The van der Waals surface area contributed by atoms with Crippen LogP contribution in [0.4, 0.5) is 5.69 Å². The molecule has 0 spiro atoms. The fourth-order valence-corrected chi connectivity index (χ4v) is 2.06. The molecule has 2 N–H and O–H groups in total. The van der Waals surface area contributed by atoms with Gasteiger partial charge >= 0.3 is 0 Å². The first-order chi connectivity index (χ1) is 9.10. The van der Waals surface area contributed by atoms with Crippen molar-refractivity contribution in [2.24, 2.45) is 0 Å². The number of rotatable bonds is 4. The minimum Gasteiger partial charge on any atom is -0.506 e. The fraction of sp³-hybridized carbons (Fsp3) is 0.200. The summed E-state index contributed by atoms with van der Waals surface area (Å²) in [5.74, 6) is 0.976. The molecule has 4 heteroatoms. The molecule has 0 unspecified atom stereocenters. The first-order valence-electron chi connectivity index (χ1n) is 5.96. The SMILES string of the molecule is COc1ccc(NCc2ccc(O)c(Cl)c2)cc1C.